The van der Waals surface area contributed by atoms with Crippen LogP contribution in [-0.4, -0.2) is 73.8 Å². The van der Waals surface area contributed by atoms with E-state index in [-0.39, 0.29) is 30.1 Å². The van der Waals surface area contributed by atoms with E-state index in [1.807, 2.05) is 25.7 Å². The monoisotopic (exact) mass is 343 g/mol. The molecule has 0 radical (unpaired) electrons. The van der Waals surface area contributed by atoms with E-state index < -0.39 is 12.1 Å². The Morgan fingerprint density at radius 1 is 1.17 bits per heavy atom. The molecule has 0 aromatic carbocycles. The highest BCUT2D eigenvalue weighted by molar-refractivity contribution is 5.96. The van der Waals surface area contributed by atoms with Crippen molar-refractivity contribution in [2.45, 2.75) is 51.9 Å². The molecule has 0 saturated carbocycles. The van der Waals surface area contributed by atoms with E-state index in [1.165, 1.54) is 0 Å². The van der Waals surface area contributed by atoms with Gasteiger partial charge in [-0.1, -0.05) is 0 Å². The van der Waals surface area contributed by atoms with Crippen LogP contribution in [0.3, 0.4) is 0 Å². The fourth-order valence-corrected chi connectivity index (χ4v) is 2.56. The summed E-state index contributed by atoms with van der Waals surface area (Å²) in [6, 6.07) is -1.56. The van der Waals surface area contributed by atoms with Gasteiger partial charge in [0.2, 0.25) is 5.91 Å². The third-order valence-electron chi connectivity index (χ3n) is 3.83. The molecule has 1 heterocycles. The minimum atomic E-state index is -0.513. The first-order chi connectivity index (χ1) is 11.3. The lowest BCUT2D eigenvalue weighted by Gasteiger charge is -2.23. The summed E-state index contributed by atoms with van der Waals surface area (Å²) >= 11 is 0. The first kappa shape index (κ1) is 20.2. The zero-order chi connectivity index (χ0) is 18.3. The van der Waals surface area contributed by atoms with Crippen LogP contribution in [0.1, 0.15) is 27.7 Å². The number of imide groups is 1. The van der Waals surface area contributed by atoms with Crippen molar-refractivity contribution in [2.75, 3.05) is 26.7 Å². The van der Waals surface area contributed by atoms with Gasteiger partial charge in [-0.15, -0.1) is 0 Å². The Balaban J connectivity index is 2.58. The van der Waals surface area contributed by atoms with Gasteiger partial charge in [0.15, 0.2) is 0 Å². The first-order valence-electron chi connectivity index (χ1n) is 8.21. The van der Waals surface area contributed by atoms with Crippen molar-refractivity contribution < 1.29 is 19.1 Å². The van der Waals surface area contributed by atoms with E-state index in [2.05, 4.69) is 21.3 Å². The summed E-state index contributed by atoms with van der Waals surface area (Å²) in [6.45, 7) is 8.68. The molecule has 1 aliphatic rings. The number of urea groups is 2. The number of ether oxygens (including phenoxy) is 1. The Hall–Kier alpha value is -1.87. The third-order valence-corrected chi connectivity index (χ3v) is 3.83. The molecule has 4 N–H and O–H groups in total. The zero-order valence-corrected chi connectivity index (χ0v) is 15.0. The highest BCUT2D eigenvalue weighted by Gasteiger charge is 2.38. The first-order valence-corrected chi connectivity index (χ1v) is 8.21. The van der Waals surface area contributed by atoms with Gasteiger partial charge in [-0.05, 0) is 27.7 Å². The number of methoxy groups -OCH3 is 1. The Morgan fingerprint density at radius 3 is 2.38 bits per heavy atom. The van der Waals surface area contributed by atoms with Gasteiger partial charge >= 0.3 is 12.1 Å². The smallest absolute Gasteiger partial charge is 0.321 e. The summed E-state index contributed by atoms with van der Waals surface area (Å²) in [5.41, 5.74) is 0. The summed E-state index contributed by atoms with van der Waals surface area (Å²) in [6.07, 6.45) is -0.215. The van der Waals surface area contributed by atoms with Crippen LogP contribution in [0.5, 0.6) is 0 Å². The van der Waals surface area contributed by atoms with Crippen molar-refractivity contribution in [3.8, 4) is 0 Å². The van der Waals surface area contributed by atoms with Gasteiger partial charge in [0.1, 0.15) is 0 Å². The van der Waals surface area contributed by atoms with Crippen LogP contribution < -0.4 is 21.3 Å². The third kappa shape index (κ3) is 5.97. The maximum atomic E-state index is 12.2. The van der Waals surface area contributed by atoms with Gasteiger partial charge < -0.3 is 20.7 Å². The van der Waals surface area contributed by atoms with Gasteiger partial charge in [0, 0.05) is 32.8 Å². The number of nitrogens with zero attached hydrogens (tertiary/aromatic N) is 1. The normalized spacial score (nSPS) is 22.1. The molecule has 5 amide bonds. The minimum Gasteiger partial charge on any atom is -0.378 e. The Kier molecular flexibility index (Phi) is 7.93. The Labute approximate surface area is 142 Å². The molecule has 0 aromatic heterocycles. The van der Waals surface area contributed by atoms with Crippen LogP contribution in [-0.2, 0) is 9.53 Å². The van der Waals surface area contributed by atoms with Crippen LogP contribution in [0.25, 0.3) is 0 Å². The number of hydrogen-bond donors (Lipinski definition) is 4. The van der Waals surface area contributed by atoms with E-state index in [0.29, 0.717) is 19.6 Å². The number of carbonyl (C=O) groups is 3. The maximum absolute atomic E-state index is 12.2. The van der Waals surface area contributed by atoms with Crippen molar-refractivity contribution in [1.82, 2.24) is 26.2 Å². The summed E-state index contributed by atoms with van der Waals surface area (Å²) in [5, 5.41) is 10.4. The van der Waals surface area contributed by atoms with Crippen LogP contribution in [0, 0.1) is 0 Å². The van der Waals surface area contributed by atoms with E-state index >= 15 is 0 Å². The second-order valence-corrected chi connectivity index (χ2v) is 6.13. The van der Waals surface area contributed by atoms with Crippen LogP contribution in [0.2, 0.25) is 0 Å². The summed E-state index contributed by atoms with van der Waals surface area (Å²) < 4.78 is 5.40. The van der Waals surface area contributed by atoms with Crippen LogP contribution >= 0.6 is 0 Å². The molecule has 0 aromatic rings. The highest BCUT2D eigenvalue weighted by Crippen LogP contribution is 2.16. The van der Waals surface area contributed by atoms with E-state index in [1.54, 1.807) is 14.0 Å². The fraction of sp³-hybridized carbons (Fsp3) is 0.800. The second-order valence-electron chi connectivity index (χ2n) is 6.13. The molecule has 9 heteroatoms. The number of carbonyl (C=O) groups excluding carboxylic acids is 3. The van der Waals surface area contributed by atoms with Crippen molar-refractivity contribution in [2.24, 2.45) is 0 Å². The van der Waals surface area contributed by atoms with E-state index in [4.69, 9.17) is 4.74 Å². The lowest BCUT2D eigenvalue weighted by atomic mass is 10.2. The quantitative estimate of drug-likeness (QED) is 0.526. The molecule has 0 bridgehead atoms. The summed E-state index contributed by atoms with van der Waals surface area (Å²) in [4.78, 5) is 37.4. The molecule has 1 rings (SSSR count). The Bertz CT molecular complexity index is 457. The maximum Gasteiger partial charge on any atom is 0.321 e. The molecular weight excluding hydrogens is 314 g/mol. The van der Waals surface area contributed by atoms with Crippen LogP contribution in [0.15, 0.2) is 0 Å². The van der Waals surface area contributed by atoms with Gasteiger partial charge in [0.05, 0.1) is 18.2 Å². The largest absolute Gasteiger partial charge is 0.378 e. The molecule has 1 aliphatic heterocycles. The number of amides is 5. The lowest BCUT2D eigenvalue weighted by molar-refractivity contribution is -0.124. The molecule has 2 unspecified atom stereocenters. The van der Waals surface area contributed by atoms with Crippen LogP contribution in [0.4, 0.5) is 9.59 Å². The average molecular weight is 343 g/mol. The van der Waals surface area contributed by atoms with Crippen molar-refractivity contribution in [1.29, 1.82) is 0 Å². The van der Waals surface area contributed by atoms with Crippen molar-refractivity contribution >= 4 is 18.0 Å². The van der Waals surface area contributed by atoms with Crippen molar-refractivity contribution in [3.63, 3.8) is 0 Å². The topological polar surface area (TPSA) is 112 Å². The molecule has 0 spiro atoms. The molecule has 1 saturated heterocycles. The standard InChI is InChI=1S/C15H29N5O4/c1-6-16-14(22)18-11-7-20(8-12(11)24-5)10(4)13(21)19-15(23)17-9(2)3/h9-12H,6-8H2,1-5H3,(H2,16,18,22)(H2,17,19,21,23)/t10?,11?,12-/m0/s1. The SMILES string of the molecule is CCNC(=O)NC1CN(C(C)C(=O)NC(=O)NC(C)C)C[C@@H]1OC. The summed E-state index contributed by atoms with van der Waals surface area (Å²) in [5.74, 6) is -0.387. The van der Waals surface area contributed by atoms with Gasteiger partial charge in [-0.3, -0.25) is 15.0 Å². The number of rotatable bonds is 6. The van der Waals surface area contributed by atoms with Gasteiger partial charge in [0.25, 0.3) is 0 Å². The molecular formula is C15H29N5O4. The predicted octanol–water partition coefficient (Wildman–Crippen LogP) is -0.373. The lowest BCUT2D eigenvalue weighted by Crippen LogP contribution is -2.51. The molecule has 0 aliphatic carbocycles. The molecule has 3 atom stereocenters. The van der Waals surface area contributed by atoms with Gasteiger partial charge in [-0.25, -0.2) is 9.59 Å². The van der Waals surface area contributed by atoms with Crippen molar-refractivity contribution in [3.05, 3.63) is 0 Å². The van der Waals surface area contributed by atoms with E-state index in [9.17, 15) is 14.4 Å². The van der Waals surface area contributed by atoms with Gasteiger partial charge in [-0.2, -0.15) is 0 Å². The molecule has 24 heavy (non-hydrogen) atoms. The molecule has 1 fully saturated rings. The Morgan fingerprint density at radius 2 is 1.83 bits per heavy atom. The minimum absolute atomic E-state index is 0.0524. The summed E-state index contributed by atoms with van der Waals surface area (Å²) in [7, 11) is 1.57. The van der Waals surface area contributed by atoms with E-state index in [0.717, 1.165) is 0 Å². The molecule has 9 nitrogen and oxygen atoms in total. The number of likely N-dealkylation sites (tertiary alicyclic amines) is 1. The second kappa shape index (κ2) is 9.43. The average Bonchev–Trinajstić information content (AvgIpc) is 2.88. The zero-order valence-electron chi connectivity index (χ0n) is 15.0. The number of hydrogen-bond acceptors (Lipinski definition) is 5. The molecule has 138 valence electrons. The highest BCUT2D eigenvalue weighted by atomic mass is 16.5. The fourth-order valence-electron chi connectivity index (χ4n) is 2.56. The number of nitrogens with one attached hydrogen (secondary N) is 4. The predicted molar refractivity (Wildman–Crippen MR) is 89.6 cm³/mol.